The largest absolute Gasteiger partial charge is 0.290 e. The first-order valence-electron chi connectivity index (χ1n) is 5.92. The molecule has 0 amide bonds. The van der Waals surface area contributed by atoms with Crippen molar-refractivity contribution in [1.82, 2.24) is 9.55 Å². The number of unbranched alkanes of at least 4 members (excludes halogenated alkanes) is 1. The Kier molecular flexibility index (Phi) is 4.66. The Labute approximate surface area is 124 Å². The predicted octanol–water partition coefficient (Wildman–Crippen LogP) is 3.43. The average Bonchev–Trinajstić information content (AvgIpc) is 2.36. The second-order valence-corrected chi connectivity index (χ2v) is 6.43. The number of rotatable bonds is 4. The molecule has 0 aliphatic rings. The molecule has 0 saturated heterocycles. The number of halogens is 1. The van der Waals surface area contributed by atoms with Crippen LogP contribution in [0.4, 0.5) is 0 Å². The zero-order chi connectivity index (χ0) is 13.1. The summed E-state index contributed by atoms with van der Waals surface area (Å²) in [7, 11) is 1.79. The molecule has 2 aromatic rings. The monoisotopic (exact) mass is 374 g/mol. The first-order valence-corrected chi connectivity index (χ1v) is 7.99. The van der Waals surface area contributed by atoms with Crippen LogP contribution in [0.2, 0.25) is 0 Å². The number of hydrogen-bond donors (Lipinski definition) is 0. The third-order valence-corrected chi connectivity index (χ3v) is 4.51. The van der Waals surface area contributed by atoms with Crippen molar-refractivity contribution in [2.24, 2.45) is 7.05 Å². The van der Waals surface area contributed by atoms with Crippen molar-refractivity contribution in [2.45, 2.75) is 24.9 Å². The van der Waals surface area contributed by atoms with Crippen LogP contribution in [0.25, 0.3) is 10.9 Å². The van der Waals surface area contributed by atoms with E-state index in [1.165, 1.54) is 0 Å². The van der Waals surface area contributed by atoms with Gasteiger partial charge in [-0.15, -0.1) is 0 Å². The molecule has 0 spiro atoms. The molecule has 0 saturated carbocycles. The third kappa shape index (κ3) is 2.88. The van der Waals surface area contributed by atoms with E-state index in [0.717, 1.165) is 32.8 Å². The fourth-order valence-electron chi connectivity index (χ4n) is 1.66. The van der Waals surface area contributed by atoms with Gasteiger partial charge >= 0.3 is 0 Å². The Bertz CT molecular complexity index is 624. The van der Waals surface area contributed by atoms with Gasteiger partial charge in [-0.2, -0.15) is 0 Å². The SMILES string of the molecule is CCCCSc1nc2ccc(I)cc2c(=O)n1C. The number of thioether (sulfide) groups is 1. The highest BCUT2D eigenvalue weighted by atomic mass is 127. The Hall–Kier alpha value is -0.560. The summed E-state index contributed by atoms with van der Waals surface area (Å²) in [6, 6.07) is 5.80. The number of aromatic nitrogens is 2. The van der Waals surface area contributed by atoms with Crippen LogP contribution >= 0.6 is 34.4 Å². The second-order valence-electron chi connectivity index (χ2n) is 4.12. The molecule has 0 unspecified atom stereocenters. The van der Waals surface area contributed by atoms with Crippen LogP contribution in [0, 0.1) is 3.57 Å². The van der Waals surface area contributed by atoms with Gasteiger partial charge in [-0.3, -0.25) is 9.36 Å². The van der Waals surface area contributed by atoms with Gasteiger partial charge in [-0.1, -0.05) is 25.1 Å². The number of benzene rings is 1. The molecule has 96 valence electrons. The van der Waals surface area contributed by atoms with Gasteiger partial charge in [0.25, 0.3) is 5.56 Å². The van der Waals surface area contributed by atoms with E-state index < -0.39 is 0 Å². The van der Waals surface area contributed by atoms with Gasteiger partial charge in [0.15, 0.2) is 5.16 Å². The van der Waals surface area contributed by atoms with Crippen LogP contribution < -0.4 is 5.56 Å². The van der Waals surface area contributed by atoms with E-state index in [1.54, 1.807) is 23.4 Å². The van der Waals surface area contributed by atoms with Crippen LogP contribution in [0.3, 0.4) is 0 Å². The second kappa shape index (κ2) is 6.06. The van der Waals surface area contributed by atoms with E-state index in [0.29, 0.717) is 5.39 Å². The molecule has 1 aromatic carbocycles. The van der Waals surface area contributed by atoms with Crippen LogP contribution in [0.15, 0.2) is 28.2 Å². The minimum atomic E-state index is 0.0394. The molecule has 0 bridgehead atoms. The van der Waals surface area contributed by atoms with E-state index in [9.17, 15) is 4.79 Å². The topological polar surface area (TPSA) is 34.9 Å². The van der Waals surface area contributed by atoms with Gasteiger partial charge in [0.05, 0.1) is 10.9 Å². The molecule has 0 aliphatic carbocycles. The normalized spacial score (nSPS) is 11.1. The lowest BCUT2D eigenvalue weighted by atomic mass is 10.2. The maximum Gasteiger partial charge on any atom is 0.261 e. The number of hydrogen-bond acceptors (Lipinski definition) is 3. The summed E-state index contributed by atoms with van der Waals surface area (Å²) < 4.78 is 2.71. The van der Waals surface area contributed by atoms with E-state index >= 15 is 0 Å². The van der Waals surface area contributed by atoms with Crippen molar-refractivity contribution in [3.05, 3.63) is 32.1 Å². The van der Waals surface area contributed by atoms with Crippen molar-refractivity contribution in [3.63, 3.8) is 0 Å². The molecule has 3 nitrogen and oxygen atoms in total. The van der Waals surface area contributed by atoms with Gasteiger partial charge in [0, 0.05) is 16.4 Å². The molecular weight excluding hydrogens is 359 g/mol. The Balaban J connectivity index is 2.47. The predicted molar refractivity (Wildman–Crippen MR) is 85.3 cm³/mol. The summed E-state index contributed by atoms with van der Waals surface area (Å²) in [4.78, 5) is 16.8. The van der Waals surface area contributed by atoms with E-state index in [2.05, 4.69) is 34.5 Å². The maximum atomic E-state index is 12.2. The average molecular weight is 374 g/mol. The summed E-state index contributed by atoms with van der Waals surface area (Å²) in [6.07, 6.45) is 2.30. The lowest BCUT2D eigenvalue weighted by molar-refractivity contribution is 0.724. The summed E-state index contributed by atoms with van der Waals surface area (Å²) in [5.41, 5.74) is 0.829. The van der Waals surface area contributed by atoms with Gasteiger partial charge in [-0.05, 0) is 47.2 Å². The highest BCUT2D eigenvalue weighted by Gasteiger charge is 2.08. The van der Waals surface area contributed by atoms with Gasteiger partial charge in [-0.25, -0.2) is 4.98 Å². The van der Waals surface area contributed by atoms with E-state index in [1.807, 2.05) is 18.2 Å². The first kappa shape index (κ1) is 13.9. The fraction of sp³-hybridized carbons (Fsp3) is 0.385. The van der Waals surface area contributed by atoms with Crippen LogP contribution in [0.1, 0.15) is 19.8 Å². The molecule has 0 radical (unpaired) electrons. The molecule has 2 rings (SSSR count). The zero-order valence-electron chi connectivity index (χ0n) is 10.4. The van der Waals surface area contributed by atoms with Gasteiger partial charge in [0.1, 0.15) is 0 Å². The van der Waals surface area contributed by atoms with Gasteiger partial charge < -0.3 is 0 Å². The van der Waals surface area contributed by atoms with Crippen molar-refractivity contribution < 1.29 is 0 Å². The minimum Gasteiger partial charge on any atom is -0.290 e. The first-order chi connectivity index (χ1) is 8.63. The highest BCUT2D eigenvalue weighted by Crippen LogP contribution is 2.19. The maximum absolute atomic E-state index is 12.2. The molecule has 1 heterocycles. The highest BCUT2D eigenvalue weighted by molar-refractivity contribution is 14.1. The molecule has 5 heteroatoms. The molecular formula is C13H15IN2OS. The van der Waals surface area contributed by atoms with Crippen LogP contribution in [-0.4, -0.2) is 15.3 Å². The number of nitrogens with zero attached hydrogens (tertiary/aromatic N) is 2. The molecule has 1 aromatic heterocycles. The lowest BCUT2D eigenvalue weighted by Crippen LogP contribution is -2.20. The smallest absolute Gasteiger partial charge is 0.261 e. The van der Waals surface area contributed by atoms with E-state index in [4.69, 9.17) is 0 Å². The van der Waals surface area contributed by atoms with Gasteiger partial charge in [0.2, 0.25) is 0 Å². The number of fused-ring (bicyclic) bond motifs is 1. The van der Waals surface area contributed by atoms with Crippen molar-refractivity contribution in [1.29, 1.82) is 0 Å². The Morgan fingerprint density at radius 1 is 1.44 bits per heavy atom. The van der Waals surface area contributed by atoms with Crippen LogP contribution in [-0.2, 0) is 7.05 Å². The minimum absolute atomic E-state index is 0.0394. The molecule has 0 atom stereocenters. The summed E-state index contributed by atoms with van der Waals surface area (Å²) >= 11 is 3.87. The summed E-state index contributed by atoms with van der Waals surface area (Å²) in [6.45, 7) is 2.16. The molecule has 18 heavy (non-hydrogen) atoms. The Morgan fingerprint density at radius 2 is 2.22 bits per heavy atom. The Morgan fingerprint density at radius 3 is 2.94 bits per heavy atom. The molecule has 0 fully saturated rings. The third-order valence-electron chi connectivity index (χ3n) is 2.73. The van der Waals surface area contributed by atoms with Crippen molar-refractivity contribution in [3.8, 4) is 0 Å². The zero-order valence-corrected chi connectivity index (χ0v) is 13.4. The van der Waals surface area contributed by atoms with Crippen LogP contribution in [0.5, 0.6) is 0 Å². The fourth-order valence-corrected chi connectivity index (χ4v) is 3.21. The quantitative estimate of drug-likeness (QED) is 0.356. The standard InChI is InChI=1S/C13H15IN2OS/c1-3-4-7-18-13-15-11-6-5-9(14)8-10(11)12(17)16(13)2/h5-6,8H,3-4,7H2,1-2H3. The van der Waals surface area contributed by atoms with E-state index in [-0.39, 0.29) is 5.56 Å². The van der Waals surface area contributed by atoms with Crippen molar-refractivity contribution >= 4 is 45.3 Å². The van der Waals surface area contributed by atoms with Crippen molar-refractivity contribution in [2.75, 3.05) is 5.75 Å². The molecule has 0 N–H and O–H groups in total. The molecule has 0 aliphatic heterocycles. The summed E-state index contributed by atoms with van der Waals surface area (Å²) in [5.74, 6) is 1.01. The summed E-state index contributed by atoms with van der Waals surface area (Å²) in [5, 5.41) is 1.51. The lowest BCUT2D eigenvalue weighted by Gasteiger charge is -2.08.